The van der Waals surface area contributed by atoms with Crippen LogP contribution in [-0.4, -0.2) is 124 Å². The van der Waals surface area contributed by atoms with Crippen molar-refractivity contribution in [1.29, 1.82) is 0 Å². The van der Waals surface area contributed by atoms with Crippen LogP contribution < -0.4 is 0 Å². The van der Waals surface area contributed by atoms with Crippen LogP contribution in [-0.2, 0) is 23.9 Å². The van der Waals surface area contributed by atoms with Crippen molar-refractivity contribution < 1.29 is 29.0 Å². The number of amides is 2. The summed E-state index contributed by atoms with van der Waals surface area (Å²) in [6.07, 6.45) is 3.80. The van der Waals surface area contributed by atoms with Gasteiger partial charge in [0.05, 0.1) is 42.4 Å². The van der Waals surface area contributed by atoms with Crippen LogP contribution in [0.3, 0.4) is 0 Å². The first-order valence-corrected chi connectivity index (χ1v) is 15.2. The van der Waals surface area contributed by atoms with Crippen LogP contribution in [0, 0.1) is 17.8 Å². The van der Waals surface area contributed by atoms with E-state index in [9.17, 15) is 19.5 Å². The molecule has 0 aromatic rings. The van der Waals surface area contributed by atoms with Crippen molar-refractivity contribution in [3.05, 3.63) is 25.3 Å². The highest BCUT2D eigenvalue weighted by Gasteiger charge is 2.76. The molecule has 0 aliphatic carbocycles. The highest BCUT2D eigenvalue weighted by Crippen LogP contribution is 2.68. The number of alkyl halides is 1. The number of hydrogen-bond donors (Lipinski definition) is 1. The van der Waals surface area contributed by atoms with E-state index in [-0.39, 0.29) is 41.0 Å². The largest absolute Gasteiger partial charge is 0.461 e. The van der Waals surface area contributed by atoms with E-state index in [0.717, 1.165) is 13.1 Å². The number of thioether (sulfide) groups is 1. The number of carbonyl (C=O) groups is 3. The van der Waals surface area contributed by atoms with Crippen LogP contribution in [0.2, 0.25) is 0 Å². The molecule has 4 heterocycles. The summed E-state index contributed by atoms with van der Waals surface area (Å²) >= 11 is 5.34. The SMILES string of the molecule is C=CCOC(=O)[C@H]1[C@@H]2SC3(CC2Br)C(C(=O)N(CC=C)CCN2CCOCC2)N([C@@H](CO)C(C)C)C(=O)[C@H]13. The van der Waals surface area contributed by atoms with Gasteiger partial charge in [-0.05, 0) is 12.3 Å². The molecule has 212 valence electrons. The van der Waals surface area contributed by atoms with Crippen molar-refractivity contribution in [2.75, 3.05) is 59.2 Å². The fraction of sp³-hybridized carbons (Fsp3) is 0.741. The maximum Gasteiger partial charge on any atom is 0.311 e. The minimum absolute atomic E-state index is 0.0408. The first-order chi connectivity index (χ1) is 18.2. The Labute approximate surface area is 238 Å². The third kappa shape index (κ3) is 5.21. The highest BCUT2D eigenvalue weighted by atomic mass is 79.9. The standard InChI is InChI=1S/C27H40BrN3O6S/c1-5-7-30(9-8-29-10-13-36-14-11-29)25(34)23-27-15-18(28)22(38-27)20(26(35)37-12-6-2)21(27)24(33)31(23)19(16-32)17(3)4/h5-6,17-23,32H,1-2,7-16H2,3-4H3/t18?,19-,20+,21-,22+,23?,27?/m0/s1. The molecule has 11 heteroatoms. The topological polar surface area (TPSA) is 99.6 Å². The van der Waals surface area contributed by atoms with E-state index in [0.29, 0.717) is 39.3 Å². The van der Waals surface area contributed by atoms with Crippen LogP contribution in [0.15, 0.2) is 25.3 Å². The van der Waals surface area contributed by atoms with Crippen molar-refractivity contribution in [3.8, 4) is 0 Å². The van der Waals surface area contributed by atoms with Gasteiger partial charge in [-0.3, -0.25) is 19.3 Å². The number of carbonyl (C=O) groups excluding carboxylic acids is 3. The lowest BCUT2D eigenvalue weighted by atomic mass is 9.71. The van der Waals surface area contributed by atoms with Gasteiger partial charge in [0.2, 0.25) is 11.8 Å². The molecule has 1 N–H and O–H groups in total. The summed E-state index contributed by atoms with van der Waals surface area (Å²) in [5, 5.41) is 10.2. The molecule has 4 aliphatic heterocycles. The number of hydrogen-bond acceptors (Lipinski definition) is 8. The molecule has 1 spiro atoms. The zero-order valence-electron chi connectivity index (χ0n) is 22.3. The molecule has 0 aromatic heterocycles. The average molecular weight is 615 g/mol. The summed E-state index contributed by atoms with van der Waals surface area (Å²) in [7, 11) is 0. The molecule has 4 saturated heterocycles. The fourth-order valence-corrected chi connectivity index (χ4v) is 10.1. The van der Waals surface area contributed by atoms with E-state index in [1.54, 1.807) is 27.6 Å². The Morgan fingerprint density at radius 2 is 2.03 bits per heavy atom. The Hall–Kier alpha value is -1.40. The molecule has 4 rings (SSSR count). The fourth-order valence-electron chi connectivity index (χ4n) is 6.54. The van der Waals surface area contributed by atoms with Gasteiger partial charge in [-0.1, -0.05) is 48.5 Å². The molecule has 0 saturated carbocycles. The minimum Gasteiger partial charge on any atom is -0.461 e. The van der Waals surface area contributed by atoms with Gasteiger partial charge in [-0.15, -0.1) is 18.3 Å². The van der Waals surface area contributed by atoms with Gasteiger partial charge in [0.15, 0.2) is 0 Å². The summed E-state index contributed by atoms with van der Waals surface area (Å²) < 4.78 is 10.1. The van der Waals surface area contributed by atoms with E-state index in [2.05, 4.69) is 34.0 Å². The summed E-state index contributed by atoms with van der Waals surface area (Å²) in [6.45, 7) is 15.7. The highest BCUT2D eigenvalue weighted by molar-refractivity contribution is 9.09. The Kier molecular flexibility index (Phi) is 9.66. The van der Waals surface area contributed by atoms with E-state index < -0.39 is 34.6 Å². The predicted octanol–water partition coefficient (Wildman–Crippen LogP) is 1.54. The normalized spacial score (nSPS) is 33.3. The Morgan fingerprint density at radius 1 is 1.32 bits per heavy atom. The van der Waals surface area contributed by atoms with Gasteiger partial charge >= 0.3 is 5.97 Å². The Morgan fingerprint density at radius 3 is 2.63 bits per heavy atom. The smallest absolute Gasteiger partial charge is 0.311 e. The number of aliphatic hydroxyl groups is 1. The molecule has 4 fully saturated rings. The number of aliphatic hydroxyl groups excluding tert-OH is 1. The van der Waals surface area contributed by atoms with Crippen molar-refractivity contribution in [1.82, 2.24) is 14.7 Å². The van der Waals surface area contributed by atoms with Gasteiger partial charge in [0.25, 0.3) is 0 Å². The van der Waals surface area contributed by atoms with E-state index in [1.165, 1.54) is 6.08 Å². The van der Waals surface area contributed by atoms with Crippen molar-refractivity contribution in [2.24, 2.45) is 17.8 Å². The molecule has 4 aliphatic rings. The monoisotopic (exact) mass is 613 g/mol. The van der Waals surface area contributed by atoms with Crippen LogP contribution in [0.25, 0.3) is 0 Å². The molecule has 0 aromatic carbocycles. The van der Waals surface area contributed by atoms with Crippen LogP contribution in [0.5, 0.6) is 0 Å². The molecule has 2 amide bonds. The zero-order valence-corrected chi connectivity index (χ0v) is 24.7. The number of nitrogens with zero attached hydrogens (tertiary/aromatic N) is 3. The molecular weight excluding hydrogens is 574 g/mol. The Bertz CT molecular complexity index is 930. The maximum absolute atomic E-state index is 14.5. The number of ether oxygens (including phenoxy) is 2. The Balaban J connectivity index is 1.70. The number of likely N-dealkylation sites (tertiary alicyclic amines) is 1. The lowest BCUT2D eigenvalue weighted by Crippen LogP contribution is -2.59. The summed E-state index contributed by atoms with van der Waals surface area (Å²) in [4.78, 5) is 47.6. The average Bonchev–Trinajstić information content (AvgIpc) is 3.49. The third-order valence-electron chi connectivity index (χ3n) is 8.34. The second-order valence-electron chi connectivity index (χ2n) is 10.8. The first kappa shape index (κ1) is 29.6. The van der Waals surface area contributed by atoms with Crippen molar-refractivity contribution >= 4 is 45.5 Å². The van der Waals surface area contributed by atoms with Gasteiger partial charge in [-0.2, -0.15) is 0 Å². The molecular formula is C27H40BrN3O6S. The van der Waals surface area contributed by atoms with Crippen LogP contribution in [0.1, 0.15) is 20.3 Å². The second-order valence-corrected chi connectivity index (χ2v) is 13.6. The number of halogens is 1. The summed E-state index contributed by atoms with van der Waals surface area (Å²) in [5.41, 5.74) is 0. The number of rotatable bonds is 12. The predicted molar refractivity (Wildman–Crippen MR) is 150 cm³/mol. The minimum atomic E-state index is -0.795. The number of fused-ring (bicyclic) bond motifs is 1. The van der Waals surface area contributed by atoms with Crippen LogP contribution in [0.4, 0.5) is 0 Å². The number of morpholine rings is 1. The van der Waals surface area contributed by atoms with E-state index >= 15 is 0 Å². The van der Waals surface area contributed by atoms with Gasteiger partial charge in [-0.25, -0.2) is 0 Å². The summed E-state index contributed by atoms with van der Waals surface area (Å²) in [5.74, 6) is -2.25. The lowest BCUT2D eigenvalue weighted by Gasteiger charge is -2.41. The molecule has 2 bridgehead atoms. The quantitative estimate of drug-likeness (QED) is 0.201. The van der Waals surface area contributed by atoms with E-state index in [4.69, 9.17) is 9.47 Å². The van der Waals surface area contributed by atoms with Crippen LogP contribution >= 0.6 is 27.7 Å². The van der Waals surface area contributed by atoms with Gasteiger partial charge < -0.3 is 24.4 Å². The van der Waals surface area contributed by atoms with Gasteiger partial charge in [0.1, 0.15) is 12.6 Å². The first-order valence-electron chi connectivity index (χ1n) is 13.4. The molecule has 0 radical (unpaired) electrons. The third-order valence-corrected chi connectivity index (χ3v) is 11.6. The van der Waals surface area contributed by atoms with Crippen molar-refractivity contribution in [2.45, 2.75) is 47.2 Å². The summed E-state index contributed by atoms with van der Waals surface area (Å²) in [6, 6.07) is -1.34. The van der Waals surface area contributed by atoms with E-state index in [1.807, 2.05) is 13.8 Å². The second kappa shape index (κ2) is 12.4. The molecule has 38 heavy (non-hydrogen) atoms. The van der Waals surface area contributed by atoms with Gasteiger partial charge in [0, 0.05) is 42.8 Å². The van der Waals surface area contributed by atoms with Crippen molar-refractivity contribution in [3.63, 3.8) is 0 Å². The molecule has 3 unspecified atom stereocenters. The maximum atomic E-state index is 14.5. The molecule has 9 nitrogen and oxygen atoms in total. The number of esters is 1. The zero-order chi connectivity index (χ0) is 27.6. The lowest BCUT2D eigenvalue weighted by molar-refractivity contribution is -0.153. The molecule has 7 atom stereocenters.